The third-order valence-electron chi connectivity index (χ3n) is 5.22. The summed E-state index contributed by atoms with van der Waals surface area (Å²) in [4.78, 5) is 0. The SMILES string of the molecule is CCCCCCc1cc(-c2ccc(N)c(CCCCCC)c2)ccc1N. The molecule has 2 aromatic rings. The Morgan fingerprint density at radius 3 is 1.38 bits per heavy atom. The lowest BCUT2D eigenvalue weighted by atomic mass is 9.95. The first kappa shape index (κ1) is 20.4. The van der Waals surface area contributed by atoms with E-state index >= 15 is 0 Å². The lowest BCUT2D eigenvalue weighted by molar-refractivity contribution is 0.667. The van der Waals surface area contributed by atoms with E-state index in [0.717, 1.165) is 24.2 Å². The number of nitrogens with two attached hydrogens (primary N) is 2. The molecule has 0 heterocycles. The van der Waals surface area contributed by atoms with Gasteiger partial charge in [0, 0.05) is 11.4 Å². The van der Waals surface area contributed by atoms with Crippen LogP contribution in [0, 0.1) is 0 Å². The Morgan fingerprint density at radius 1 is 0.577 bits per heavy atom. The molecule has 2 rings (SSSR count). The molecular formula is C24H36N2. The fourth-order valence-electron chi connectivity index (χ4n) is 3.49. The largest absolute Gasteiger partial charge is 0.399 e. The minimum absolute atomic E-state index is 0.917. The van der Waals surface area contributed by atoms with Gasteiger partial charge in [0.1, 0.15) is 0 Å². The van der Waals surface area contributed by atoms with E-state index in [9.17, 15) is 0 Å². The first-order chi connectivity index (χ1) is 12.7. The average Bonchev–Trinajstić information content (AvgIpc) is 2.65. The summed E-state index contributed by atoms with van der Waals surface area (Å²) in [5.74, 6) is 0. The van der Waals surface area contributed by atoms with Crippen molar-refractivity contribution < 1.29 is 0 Å². The van der Waals surface area contributed by atoms with Crippen LogP contribution in [0.2, 0.25) is 0 Å². The normalized spacial score (nSPS) is 11.0. The van der Waals surface area contributed by atoms with Gasteiger partial charge in [0.25, 0.3) is 0 Å². The number of rotatable bonds is 11. The molecule has 0 atom stereocenters. The number of unbranched alkanes of at least 4 members (excludes halogenated alkanes) is 6. The summed E-state index contributed by atoms with van der Waals surface area (Å²) in [5, 5.41) is 0. The summed E-state index contributed by atoms with van der Waals surface area (Å²) >= 11 is 0. The quantitative estimate of drug-likeness (QED) is 0.346. The van der Waals surface area contributed by atoms with Gasteiger partial charge < -0.3 is 11.5 Å². The number of nitrogen functional groups attached to an aromatic ring is 2. The minimum atomic E-state index is 0.917. The standard InChI is InChI=1S/C24H36N2/c1-3-5-7-9-11-21-17-19(13-15-23(21)25)20-14-16-24(26)22(18-20)12-10-8-6-4-2/h13-18H,3-12,25-26H2,1-2H3. The van der Waals surface area contributed by atoms with Crippen LogP contribution in [0.15, 0.2) is 36.4 Å². The third-order valence-corrected chi connectivity index (χ3v) is 5.22. The van der Waals surface area contributed by atoms with Crippen LogP contribution in [-0.2, 0) is 12.8 Å². The highest BCUT2D eigenvalue weighted by Gasteiger charge is 2.07. The topological polar surface area (TPSA) is 52.0 Å². The molecule has 0 fully saturated rings. The van der Waals surface area contributed by atoms with Crippen LogP contribution in [0.4, 0.5) is 11.4 Å². The molecule has 0 saturated carbocycles. The number of hydrogen-bond donors (Lipinski definition) is 2. The van der Waals surface area contributed by atoms with Gasteiger partial charge in [-0.3, -0.25) is 0 Å². The van der Waals surface area contributed by atoms with Gasteiger partial charge in [-0.2, -0.15) is 0 Å². The molecule has 0 aromatic heterocycles. The van der Waals surface area contributed by atoms with Gasteiger partial charge in [-0.05, 0) is 72.2 Å². The molecule has 2 aromatic carbocycles. The van der Waals surface area contributed by atoms with Crippen molar-refractivity contribution in [1.29, 1.82) is 0 Å². The fraction of sp³-hybridized carbons (Fsp3) is 0.500. The monoisotopic (exact) mass is 352 g/mol. The highest BCUT2D eigenvalue weighted by Crippen LogP contribution is 2.28. The van der Waals surface area contributed by atoms with E-state index in [1.807, 2.05) is 0 Å². The van der Waals surface area contributed by atoms with Gasteiger partial charge in [0.05, 0.1) is 0 Å². The maximum absolute atomic E-state index is 6.21. The van der Waals surface area contributed by atoms with Gasteiger partial charge in [0.2, 0.25) is 0 Å². The van der Waals surface area contributed by atoms with E-state index in [-0.39, 0.29) is 0 Å². The van der Waals surface area contributed by atoms with Gasteiger partial charge >= 0.3 is 0 Å². The predicted octanol–water partition coefficient (Wildman–Crippen LogP) is 6.76. The Labute approximate surface area is 160 Å². The molecule has 0 amide bonds. The van der Waals surface area contributed by atoms with E-state index in [1.54, 1.807) is 0 Å². The zero-order chi connectivity index (χ0) is 18.8. The highest BCUT2D eigenvalue weighted by molar-refractivity contribution is 5.70. The van der Waals surface area contributed by atoms with Crippen molar-refractivity contribution in [2.75, 3.05) is 11.5 Å². The molecule has 0 aliphatic rings. The molecule has 0 aliphatic heterocycles. The van der Waals surface area contributed by atoms with Crippen molar-refractivity contribution >= 4 is 11.4 Å². The molecule has 142 valence electrons. The number of aryl methyl sites for hydroxylation is 2. The van der Waals surface area contributed by atoms with Gasteiger partial charge in [0.15, 0.2) is 0 Å². The summed E-state index contributed by atoms with van der Waals surface area (Å²) < 4.78 is 0. The zero-order valence-electron chi connectivity index (χ0n) is 16.7. The summed E-state index contributed by atoms with van der Waals surface area (Å²) in [7, 11) is 0. The summed E-state index contributed by atoms with van der Waals surface area (Å²) in [6.07, 6.45) is 12.3. The van der Waals surface area contributed by atoms with E-state index in [4.69, 9.17) is 11.5 Å². The average molecular weight is 353 g/mol. The van der Waals surface area contributed by atoms with Crippen LogP contribution in [0.25, 0.3) is 11.1 Å². The Hall–Kier alpha value is -1.96. The van der Waals surface area contributed by atoms with E-state index in [0.29, 0.717) is 0 Å². The second-order valence-electron chi connectivity index (χ2n) is 7.45. The molecule has 0 spiro atoms. The van der Waals surface area contributed by atoms with Crippen LogP contribution in [0.1, 0.15) is 76.3 Å². The number of hydrogen-bond acceptors (Lipinski definition) is 2. The molecule has 0 radical (unpaired) electrons. The van der Waals surface area contributed by atoms with Crippen LogP contribution < -0.4 is 11.5 Å². The molecule has 2 heteroatoms. The molecule has 0 unspecified atom stereocenters. The Morgan fingerprint density at radius 2 is 1.00 bits per heavy atom. The molecule has 4 N–H and O–H groups in total. The van der Waals surface area contributed by atoms with E-state index in [2.05, 4.69) is 50.2 Å². The Kier molecular flexibility index (Phi) is 8.53. The van der Waals surface area contributed by atoms with Gasteiger partial charge in [-0.1, -0.05) is 64.5 Å². The minimum Gasteiger partial charge on any atom is -0.399 e. The van der Waals surface area contributed by atoms with Crippen LogP contribution >= 0.6 is 0 Å². The molecule has 26 heavy (non-hydrogen) atoms. The third kappa shape index (κ3) is 6.09. The Balaban J connectivity index is 2.11. The predicted molar refractivity (Wildman–Crippen MR) is 116 cm³/mol. The second kappa shape index (κ2) is 10.9. The van der Waals surface area contributed by atoms with Crippen molar-refractivity contribution in [3.8, 4) is 11.1 Å². The van der Waals surface area contributed by atoms with Gasteiger partial charge in [-0.15, -0.1) is 0 Å². The molecule has 2 nitrogen and oxygen atoms in total. The number of anilines is 2. The molecule has 0 aliphatic carbocycles. The fourth-order valence-corrected chi connectivity index (χ4v) is 3.49. The maximum Gasteiger partial charge on any atom is 0.0346 e. The first-order valence-electron chi connectivity index (χ1n) is 10.4. The van der Waals surface area contributed by atoms with Crippen molar-refractivity contribution in [2.45, 2.75) is 78.1 Å². The first-order valence-corrected chi connectivity index (χ1v) is 10.4. The summed E-state index contributed by atoms with van der Waals surface area (Å²) in [5.41, 5.74) is 19.3. The van der Waals surface area contributed by atoms with Crippen LogP contribution in [0.3, 0.4) is 0 Å². The zero-order valence-corrected chi connectivity index (χ0v) is 16.7. The lowest BCUT2D eigenvalue weighted by Crippen LogP contribution is -1.97. The molecular weight excluding hydrogens is 316 g/mol. The van der Waals surface area contributed by atoms with Gasteiger partial charge in [-0.25, -0.2) is 0 Å². The second-order valence-corrected chi connectivity index (χ2v) is 7.45. The lowest BCUT2D eigenvalue weighted by Gasteiger charge is -2.12. The van der Waals surface area contributed by atoms with E-state index in [1.165, 1.54) is 73.6 Å². The summed E-state index contributed by atoms with van der Waals surface area (Å²) in [6, 6.07) is 12.9. The maximum atomic E-state index is 6.21. The smallest absolute Gasteiger partial charge is 0.0346 e. The number of benzene rings is 2. The Bertz CT molecular complexity index is 616. The highest BCUT2D eigenvalue weighted by atomic mass is 14.6. The van der Waals surface area contributed by atoms with Crippen molar-refractivity contribution in [3.63, 3.8) is 0 Å². The van der Waals surface area contributed by atoms with Crippen LogP contribution in [0.5, 0.6) is 0 Å². The molecule has 0 saturated heterocycles. The van der Waals surface area contributed by atoms with Crippen molar-refractivity contribution in [2.24, 2.45) is 0 Å². The molecule has 0 bridgehead atoms. The summed E-state index contributed by atoms with van der Waals surface area (Å²) in [6.45, 7) is 4.49. The van der Waals surface area contributed by atoms with Crippen molar-refractivity contribution in [3.05, 3.63) is 47.5 Å². The van der Waals surface area contributed by atoms with Crippen LogP contribution in [-0.4, -0.2) is 0 Å². The van der Waals surface area contributed by atoms with Crippen molar-refractivity contribution in [1.82, 2.24) is 0 Å². The van der Waals surface area contributed by atoms with E-state index < -0.39 is 0 Å².